The zero-order valence-electron chi connectivity index (χ0n) is 10.5. The van der Waals surface area contributed by atoms with Crippen molar-refractivity contribution >= 4 is 12.1 Å². The summed E-state index contributed by atoms with van der Waals surface area (Å²) >= 11 is 0. The first-order valence-electron chi connectivity index (χ1n) is 5.80. The molecule has 1 aromatic heterocycles. The lowest BCUT2D eigenvalue weighted by molar-refractivity contribution is 0.0988. The van der Waals surface area contributed by atoms with E-state index in [-0.39, 0.29) is 12.2 Å². The second kappa shape index (κ2) is 5.91. The highest BCUT2D eigenvalue weighted by molar-refractivity contribution is 5.96. The average molecular weight is 255 g/mol. The molecule has 4 nitrogen and oxygen atoms in total. The summed E-state index contributed by atoms with van der Waals surface area (Å²) in [6.45, 7) is 0. The number of Topliss-reactive ketones (excluding diaryl/α,β-unsaturated/α-hetero) is 1. The van der Waals surface area contributed by atoms with Gasteiger partial charge in [0.2, 0.25) is 0 Å². The smallest absolute Gasteiger partial charge is 0.185 e. The minimum Gasteiger partial charge on any atom is -0.497 e. The van der Waals surface area contributed by atoms with E-state index in [2.05, 4.69) is 4.98 Å². The highest BCUT2D eigenvalue weighted by atomic mass is 16.5. The molecule has 0 aliphatic carbocycles. The lowest BCUT2D eigenvalue weighted by Gasteiger charge is -2.04. The van der Waals surface area contributed by atoms with E-state index in [0.29, 0.717) is 23.3 Å². The molecule has 2 rings (SSSR count). The van der Waals surface area contributed by atoms with Crippen molar-refractivity contribution in [1.82, 2.24) is 4.98 Å². The van der Waals surface area contributed by atoms with Gasteiger partial charge < -0.3 is 4.74 Å². The van der Waals surface area contributed by atoms with Crippen molar-refractivity contribution in [3.8, 4) is 5.75 Å². The van der Waals surface area contributed by atoms with Crippen LogP contribution in [0.2, 0.25) is 0 Å². The number of nitrogens with zero attached hydrogens (tertiary/aromatic N) is 1. The van der Waals surface area contributed by atoms with Gasteiger partial charge in [-0.15, -0.1) is 0 Å². The van der Waals surface area contributed by atoms with Crippen LogP contribution >= 0.6 is 0 Å². The van der Waals surface area contributed by atoms with Crippen molar-refractivity contribution in [2.45, 2.75) is 6.42 Å². The number of benzene rings is 1. The molecule has 1 heterocycles. The molecule has 0 spiro atoms. The summed E-state index contributed by atoms with van der Waals surface area (Å²) < 4.78 is 5.11. The Kier molecular flexibility index (Phi) is 4.03. The van der Waals surface area contributed by atoms with E-state index >= 15 is 0 Å². The summed E-state index contributed by atoms with van der Waals surface area (Å²) in [7, 11) is 1.58. The second-order valence-electron chi connectivity index (χ2n) is 4.04. The number of carbonyl (C=O) groups is 2. The van der Waals surface area contributed by atoms with E-state index in [1.165, 1.54) is 12.3 Å². The molecule has 0 unspecified atom stereocenters. The molecule has 96 valence electrons. The normalized spacial score (nSPS) is 9.95. The molecule has 0 bridgehead atoms. The number of aromatic nitrogens is 1. The standard InChI is InChI=1S/C15H13NO3/c1-19-13-4-2-3-11(7-13)9-15(18)14-8-12(10-17)5-6-16-14/h2-8,10H,9H2,1H3. The van der Waals surface area contributed by atoms with Gasteiger partial charge in [0.05, 0.1) is 7.11 Å². The van der Waals surface area contributed by atoms with E-state index in [1.807, 2.05) is 24.3 Å². The summed E-state index contributed by atoms with van der Waals surface area (Å²) in [5.74, 6) is 0.580. The molecule has 0 fully saturated rings. The van der Waals surface area contributed by atoms with Crippen molar-refractivity contribution in [1.29, 1.82) is 0 Å². The Morgan fingerprint density at radius 3 is 2.89 bits per heavy atom. The number of methoxy groups -OCH3 is 1. The fraction of sp³-hybridized carbons (Fsp3) is 0.133. The van der Waals surface area contributed by atoms with Gasteiger partial charge in [0.15, 0.2) is 5.78 Å². The molecule has 0 radical (unpaired) electrons. The number of ketones is 1. The Hall–Kier alpha value is -2.49. The van der Waals surface area contributed by atoms with Crippen LogP contribution in [0.15, 0.2) is 42.6 Å². The van der Waals surface area contributed by atoms with Crippen LogP contribution in [0.4, 0.5) is 0 Å². The maximum Gasteiger partial charge on any atom is 0.185 e. The molecule has 0 aliphatic rings. The quantitative estimate of drug-likeness (QED) is 0.607. The number of ether oxygens (including phenoxy) is 1. The minimum absolute atomic E-state index is 0.128. The van der Waals surface area contributed by atoms with Crippen LogP contribution in [0.3, 0.4) is 0 Å². The molecule has 0 N–H and O–H groups in total. The van der Waals surface area contributed by atoms with Gasteiger partial charge in [-0.3, -0.25) is 14.6 Å². The monoisotopic (exact) mass is 255 g/mol. The molecule has 0 saturated heterocycles. The van der Waals surface area contributed by atoms with Crippen LogP contribution in [0.25, 0.3) is 0 Å². The molecular formula is C15H13NO3. The number of pyridine rings is 1. The summed E-state index contributed by atoms with van der Waals surface area (Å²) in [4.78, 5) is 26.7. The van der Waals surface area contributed by atoms with E-state index in [9.17, 15) is 9.59 Å². The number of hydrogen-bond donors (Lipinski definition) is 0. The third-order valence-corrected chi connectivity index (χ3v) is 2.70. The molecule has 0 aliphatic heterocycles. The molecule has 0 saturated carbocycles. The first-order chi connectivity index (χ1) is 9.22. The zero-order valence-corrected chi connectivity index (χ0v) is 10.5. The lowest BCUT2D eigenvalue weighted by Crippen LogP contribution is -2.06. The molecule has 1 aromatic carbocycles. The van der Waals surface area contributed by atoms with Gasteiger partial charge in [0.25, 0.3) is 0 Å². The fourth-order valence-corrected chi connectivity index (χ4v) is 1.73. The van der Waals surface area contributed by atoms with Crippen LogP contribution in [0.1, 0.15) is 26.4 Å². The summed E-state index contributed by atoms with van der Waals surface area (Å²) in [6, 6.07) is 10.4. The van der Waals surface area contributed by atoms with Gasteiger partial charge in [-0.05, 0) is 29.8 Å². The topological polar surface area (TPSA) is 56.3 Å². The molecule has 0 amide bonds. The molecule has 0 atom stereocenters. The van der Waals surface area contributed by atoms with Crippen LogP contribution in [0, 0.1) is 0 Å². The molecule has 19 heavy (non-hydrogen) atoms. The number of rotatable bonds is 5. The lowest BCUT2D eigenvalue weighted by atomic mass is 10.1. The highest BCUT2D eigenvalue weighted by Gasteiger charge is 2.09. The van der Waals surface area contributed by atoms with Crippen LogP contribution < -0.4 is 4.74 Å². The van der Waals surface area contributed by atoms with Crippen LogP contribution in [-0.2, 0) is 6.42 Å². The Morgan fingerprint density at radius 1 is 1.32 bits per heavy atom. The van der Waals surface area contributed by atoms with E-state index in [1.54, 1.807) is 13.2 Å². The minimum atomic E-state index is -0.128. The Labute approximate surface area is 111 Å². The van der Waals surface area contributed by atoms with Crippen molar-refractivity contribution in [3.63, 3.8) is 0 Å². The second-order valence-corrected chi connectivity index (χ2v) is 4.04. The number of aldehydes is 1. The van der Waals surface area contributed by atoms with Gasteiger partial charge >= 0.3 is 0 Å². The fourth-order valence-electron chi connectivity index (χ4n) is 1.73. The predicted octanol–water partition coefficient (Wildman–Crippen LogP) is 2.33. The van der Waals surface area contributed by atoms with E-state index in [4.69, 9.17) is 4.74 Å². The first-order valence-corrected chi connectivity index (χ1v) is 5.80. The first kappa shape index (κ1) is 13.0. The predicted molar refractivity (Wildman–Crippen MR) is 70.7 cm³/mol. The molecule has 2 aromatic rings. The third-order valence-electron chi connectivity index (χ3n) is 2.70. The molecule has 4 heteroatoms. The zero-order chi connectivity index (χ0) is 13.7. The van der Waals surface area contributed by atoms with Crippen LogP contribution in [-0.4, -0.2) is 24.2 Å². The van der Waals surface area contributed by atoms with Crippen molar-refractivity contribution in [2.75, 3.05) is 7.11 Å². The average Bonchev–Trinajstić information content (AvgIpc) is 2.47. The Morgan fingerprint density at radius 2 is 2.16 bits per heavy atom. The van der Waals surface area contributed by atoms with Gasteiger partial charge in [0.1, 0.15) is 17.7 Å². The maximum absolute atomic E-state index is 12.1. The summed E-state index contributed by atoms with van der Waals surface area (Å²) in [6.07, 6.45) is 2.39. The van der Waals surface area contributed by atoms with Gasteiger partial charge in [0, 0.05) is 18.2 Å². The summed E-state index contributed by atoms with van der Waals surface area (Å²) in [5, 5.41) is 0. The number of hydrogen-bond acceptors (Lipinski definition) is 4. The van der Waals surface area contributed by atoms with E-state index in [0.717, 1.165) is 5.56 Å². The number of carbonyl (C=O) groups excluding carboxylic acids is 2. The van der Waals surface area contributed by atoms with Crippen LogP contribution in [0.5, 0.6) is 5.75 Å². The third kappa shape index (κ3) is 3.25. The van der Waals surface area contributed by atoms with Gasteiger partial charge in [-0.25, -0.2) is 0 Å². The van der Waals surface area contributed by atoms with Crippen molar-refractivity contribution in [3.05, 3.63) is 59.4 Å². The van der Waals surface area contributed by atoms with Crippen molar-refractivity contribution < 1.29 is 14.3 Å². The molecular weight excluding hydrogens is 242 g/mol. The largest absolute Gasteiger partial charge is 0.497 e. The highest BCUT2D eigenvalue weighted by Crippen LogP contribution is 2.14. The Balaban J connectivity index is 2.17. The van der Waals surface area contributed by atoms with Crippen molar-refractivity contribution in [2.24, 2.45) is 0 Å². The Bertz CT molecular complexity index is 608. The van der Waals surface area contributed by atoms with Gasteiger partial charge in [-0.2, -0.15) is 0 Å². The van der Waals surface area contributed by atoms with E-state index < -0.39 is 0 Å². The maximum atomic E-state index is 12.1. The SMILES string of the molecule is COc1cccc(CC(=O)c2cc(C=O)ccn2)c1. The summed E-state index contributed by atoms with van der Waals surface area (Å²) in [5.41, 5.74) is 1.60. The van der Waals surface area contributed by atoms with Gasteiger partial charge in [-0.1, -0.05) is 12.1 Å².